The first-order valence-corrected chi connectivity index (χ1v) is 7.69. The molecule has 2 aromatic carbocycles. The molecule has 0 atom stereocenters. The highest BCUT2D eigenvalue weighted by Crippen LogP contribution is 2.27. The number of H-pyrrole nitrogens is 1. The molecule has 0 fully saturated rings. The van der Waals surface area contributed by atoms with Crippen molar-refractivity contribution in [3.05, 3.63) is 65.7 Å². The largest absolute Gasteiger partial charge is 0.509 e. The maximum absolute atomic E-state index is 10.3. The van der Waals surface area contributed by atoms with E-state index in [0.29, 0.717) is 17.0 Å². The molecule has 0 bridgehead atoms. The highest BCUT2D eigenvalue weighted by Gasteiger charge is 2.30. The van der Waals surface area contributed by atoms with E-state index in [1.807, 2.05) is 24.3 Å². The van der Waals surface area contributed by atoms with E-state index in [1.165, 1.54) is 11.2 Å². The molecule has 0 amide bonds. The standard InChI is InChI=1S/C18H15N5O2/c19-17-16(18-21-12-6-2-3-7-13(12)22-18)15(25)10-23(17)20-9-11-5-1-4-8-14(11)24/h1-9,19,24-25H,10H2,(H,21,22)/b19-17?,20-9+. The molecular formula is C18H15N5O2. The third-order valence-corrected chi connectivity index (χ3v) is 3.98. The van der Waals surface area contributed by atoms with Crippen molar-refractivity contribution < 1.29 is 10.2 Å². The van der Waals surface area contributed by atoms with Gasteiger partial charge in [0.1, 0.15) is 29.5 Å². The van der Waals surface area contributed by atoms with Gasteiger partial charge in [-0.3, -0.25) is 5.41 Å². The number of hydrazone groups is 1. The Balaban J connectivity index is 1.62. The molecule has 25 heavy (non-hydrogen) atoms. The number of rotatable bonds is 3. The minimum atomic E-state index is 0.0264. The van der Waals surface area contributed by atoms with E-state index in [-0.39, 0.29) is 23.9 Å². The maximum Gasteiger partial charge on any atom is 0.156 e. The zero-order valence-corrected chi connectivity index (χ0v) is 13.1. The second-order valence-electron chi connectivity index (χ2n) is 5.63. The fourth-order valence-corrected chi connectivity index (χ4v) is 2.71. The lowest BCUT2D eigenvalue weighted by Crippen LogP contribution is -2.21. The van der Waals surface area contributed by atoms with Gasteiger partial charge in [-0.05, 0) is 24.3 Å². The number of fused-ring (bicyclic) bond motifs is 1. The summed E-state index contributed by atoms with van der Waals surface area (Å²) in [7, 11) is 0. The number of phenolic OH excluding ortho intramolecular Hbond substituents is 1. The Morgan fingerprint density at radius 3 is 2.68 bits per heavy atom. The van der Waals surface area contributed by atoms with Gasteiger partial charge >= 0.3 is 0 Å². The Bertz CT molecular complexity index is 1000. The molecule has 1 aliphatic heterocycles. The molecule has 3 aromatic rings. The van der Waals surface area contributed by atoms with Crippen LogP contribution in [0.5, 0.6) is 5.75 Å². The number of hydrogen-bond acceptors (Lipinski definition) is 5. The van der Waals surface area contributed by atoms with Crippen molar-refractivity contribution in [1.29, 1.82) is 5.41 Å². The van der Waals surface area contributed by atoms with Gasteiger partial charge in [0.2, 0.25) is 0 Å². The topological polar surface area (TPSA) is 109 Å². The van der Waals surface area contributed by atoms with Crippen molar-refractivity contribution in [2.45, 2.75) is 0 Å². The lowest BCUT2D eigenvalue weighted by molar-refractivity contribution is 0.358. The summed E-state index contributed by atoms with van der Waals surface area (Å²) in [6.07, 6.45) is 1.46. The van der Waals surface area contributed by atoms with Crippen molar-refractivity contribution >= 4 is 28.7 Å². The maximum atomic E-state index is 10.3. The number of imidazole rings is 1. The lowest BCUT2D eigenvalue weighted by atomic mass is 10.2. The Kier molecular flexibility index (Phi) is 3.46. The number of nitrogens with zero attached hydrogens (tertiary/aromatic N) is 3. The summed E-state index contributed by atoms with van der Waals surface area (Å²) in [4.78, 5) is 7.54. The molecule has 4 N–H and O–H groups in total. The van der Waals surface area contributed by atoms with Crippen LogP contribution in [0.3, 0.4) is 0 Å². The average Bonchev–Trinajstić information content (AvgIpc) is 3.14. The Hall–Kier alpha value is -3.61. The molecule has 0 saturated heterocycles. The van der Waals surface area contributed by atoms with E-state index in [9.17, 15) is 10.2 Å². The predicted octanol–water partition coefficient (Wildman–Crippen LogP) is 2.86. The minimum Gasteiger partial charge on any atom is -0.509 e. The molecule has 0 radical (unpaired) electrons. The molecule has 124 valence electrons. The number of aliphatic hydroxyl groups is 1. The van der Waals surface area contributed by atoms with Crippen LogP contribution >= 0.6 is 0 Å². The molecule has 7 nitrogen and oxygen atoms in total. The molecule has 0 aliphatic carbocycles. The fourth-order valence-electron chi connectivity index (χ4n) is 2.71. The second kappa shape index (κ2) is 5.79. The van der Waals surface area contributed by atoms with E-state index in [0.717, 1.165) is 11.0 Å². The highest BCUT2D eigenvalue weighted by molar-refractivity contribution is 6.23. The minimum absolute atomic E-state index is 0.0264. The van der Waals surface area contributed by atoms with Gasteiger partial charge in [0.25, 0.3) is 0 Å². The zero-order chi connectivity index (χ0) is 17.4. The molecule has 1 aliphatic rings. The number of hydrogen-bond donors (Lipinski definition) is 4. The summed E-state index contributed by atoms with van der Waals surface area (Å²) in [5.41, 5.74) is 2.46. The van der Waals surface area contributed by atoms with Crippen molar-refractivity contribution in [1.82, 2.24) is 15.0 Å². The van der Waals surface area contributed by atoms with Crippen LogP contribution in [0.15, 0.2) is 59.4 Å². The van der Waals surface area contributed by atoms with Crippen LogP contribution in [-0.2, 0) is 0 Å². The number of aromatic hydroxyl groups is 1. The molecule has 0 saturated carbocycles. The van der Waals surface area contributed by atoms with Gasteiger partial charge in [-0.2, -0.15) is 5.10 Å². The molecule has 1 aromatic heterocycles. The van der Waals surface area contributed by atoms with Crippen LogP contribution in [0, 0.1) is 5.41 Å². The number of nitrogens with one attached hydrogen (secondary N) is 2. The predicted molar refractivity (Wildman–Crippen MR) is 95.8 cm³/mol. The molecule has 0 spiro atoms. The summed E-state index contributed by atoms with van der Waals surface area (Å²) >= 11 is 0. The van der Waals surface area contributed by atoms with Gasteiger partial charge in [0, 0.05) is 5.56 Å². The van der Waals surface area contributed by atoms with E-state index < -0.39 is 0 Å². The summed E-state index contributed by atoms with van der Waals surface area (Å²) in [5, 5.41) is 33.9. The quantitative estimate of drug-likeness (QED) is 0.553. The van der Waals surface area contributed by atoms with Crippen LogP contribution in [0.25, 0.3) is 16.6 Å². The normalized spacial score (nSPS) is 15.0. The first-order valence-electron chi connectivity index (χ1n) is 7.69. The van der Waals surface area contributed by atoms with Crippen LogP contribution in [-0.4, -0.2) is 43.8 Å². The van der Waals surface area contributed by atoms with Gasteiger partial charge in [-0.25, -0.2) is 9.99 Å². The fraction of sp³-hybridized carbons (Fsp3) is 0.0556. The first-order chi connectivity index (χ1) is 12.1. The molecular weight excluding hydrogens is 318 g/mol. The van der Waals surface area contributed by atoms with Gasteiger partial charge < -0.3 is 15.2 Å². The molecule has 4 rings (SSSR count). The number of aromatic nitrogens is 2. The van der Waals surface area contributed by atoms with Gasteiger partial charge in [-0.1, -0.05) is 24.3 Å². The number of aliphatic hydroxyl groups excluding tert-OH is 1. The molecule has 7 heteroatoms. The third kappa shape index (κ3) is 2.61. The van der Waals surface area contributed by atoms with Gasteiger partial charge in [-0.15, -0.1) is 0 Å². The van der Waals surface area contributed by atoms with E-state index >= 15 is 0 Å². The first kappa shape index (κ1) is 14.9. The Morgan fingerprint density at radius 1 is 1.12 bits per heavy atom. The number of amidine groups is 1. The third-order valence-electron chi connectivity index (χ3n) is 3.98. The van der Waals surface area contributed by atoms with E-state index in [1.54, 1.807) is 24.3 Å². The average molecular weight is 333 g/mol. The lowest BCUT2D eigenvalue weighted by Gasteiger charge is -2.11. The SMILES string of the molecule is N=C1C(c2nc3ccccc3[nH]2)=C(O)CN1/N=C/c1ccccc1O. The van der Waals surface area contributed by atoms with Crippen LogP contribution in [0.1, 0.15) is 11.4 Å². The Morgan fingerprint density at radius 2 is 1.88 bits per heavy atom. The summed E-state index contributed by atoms with van der Waals surface area (Å²) in [6, 6.07) is 14.3. The molecule has 2 heterocycles. The van der Waals surface area contributed by atoms with E-state index in [4.69, 9.17) is 5.41 Å². The van der Waals surface area contributed by atoms with Crippen LogP contribution < -0.4 is 0 Å². The van der Waals surface area contributed by atoms with Gasteiger partial charge in [0.05, 0.1) is 17.2 Å². The summed E-state index contributed by atoms with van der Waals surface area (Å²) in [5.74, 6) is 0.609. The van der Waals surface area contributed by atoms with E-state index in [2.05, 4.69) is 15.1 Å². The zero-order valence-electron chi connectivity index (χ0n) is 13.1. The highest BCUT2D eigenvalue weighted by atomic mass is 16.3. The monoisotopic (exact) mass is 333 g/mol. The number of phenols is 1. The van der Waals surface area contributed by atoms with Crippen molar-refractivity contribution in [2.75, 3.05) is 6.54 Å². The second-order valence-corrected chi connectivity index (χ2v) is 5.63. The summed E-state index contributed by atoms with van der Waals surface area (Å²) < 4.78 is 0. The van der Waals surface area contributed by atoms with Crippen molar-refractivity contribution in [3.8, 4) is 5.75 Å². The number of para-hydroxylation sites is 3. The summed E-state index contributed by atoms with van der Waals surface area (Å²) in [6.45, 7) is 0.0787. The van der Waals surface area contributed by atoms with Gasteiger partial charge in [0.15, 0.2) is 5.84 Å². The smallest absolute Gasteiger partial charge is 0.156 e. The van der Waals surface area contributed by atoms with Crippen molar-refractivity contribution in [2.24, 2.45) is 5.10 Å². The van der Waals surface area contributed by atoms with Crippen molar-refractivity contribution in [3.63, 3.8) is 0 Å². The van der Waals surface area contributed by atoms with Crippen LogP contribution in [0.4, 0.5) is 0 Å². The van der Waals surface area contributed by atoms with Crippen LogP contribution in [0.2, 0.25) is 0 Å². The molecule has 0 unspecified atom stereocenters. The number of benzene rings is 2. The number of aromatic amines is 1. The Labute approximate surface area is 143 Å².